The third-order valence-corrected chi connectivity index (χ3v) is 4.20. The molecule has 19 heavy (non-hydrogen) atoms. The van der Waals surface area contributed by atoms with E-state index in [0.717, 1.165) is 10.9 Å². The summed E-state index contributed by atoms with van der Waals surface area (Å²) in [6.45, 7) is 2.29. The van der Waals surface area contributed by atoms with Gasteiger partial charge in [-0.1, -0.05) is 65.3 Å². The second kappa shape index (κ2) is 6.88. The fourth-order valence-corrected chi connectivity index (χ4v) is 2.66. The van der Waals surface area contributed by atoms with Crippen molar-refractivity contribution in [2.75, 3.05) is 7.05 Å². The highest BCUT2D eigenvalue weighted by Gasteiger charge is 2.17. The van der Waals surface area contributed by atoms with Crippen LogP contribution in [0.25, 0.3) is 0 Å². The van der Waals surface area contributed by atoms with Gasteiger partial charge in [0.05, 0.1) is 0 Å². The summed E-state index contributed by atoms with van der Waals surface area (Å²) in [6, 6.07) is 19.7. The van der Waals surface area contributed by atoms with Gasteiger partial charge in [0.1, 0.15) is 0 Å². The van der Waals surface area contributed by atoms with Crippen molar-refractivity contribution in [3.63, 3.8) is 0 Å². The molecule has 0 radical (unpaired) electrons. The summed E-state index contributed by atoms with van der Waals surface area (Å²) in [5.41, 5.74) is 2.75. The first kappa shape index (κ1) is 14.3. The Balaban J connectivity index is 2.10. The molecule has 0 aromatic heterocycles. The highest BCUT2D eigenvalue weighted by atomic mass is 79.9. The first-order chi connectivity index (χ1) is 9.20. The van der Waals surface area contributed by atoms with Gasteiger partial charge in [-0.25, -0.2) is 0 Å². The predicted octanol–water partition coefficient (Wildman–Crippen LogP) is 4.38. The average Bonchev–Trinajstić information content (AvgIpc) is 2.47. The molecule has 0 fully saturated rings. The lowest BCUT2D eigenvalue weighted by Gasteiger charge is -2.24. The van der Waals surface area contributed by atoms with Crippen molar-refractivity contribution < 1.29 is 0 Å². The lowest BCUT2D eigenvalue weighted by Crippen LogP contribution is -2.32. The van der Waals surface area contributed by atoms with E-state index in [0.29, 0.717) is 12.0 Å². The Labute approximate surface area is 124 Å². The highest BCUT2D eigenvalue weighted by Crippen LogP contribution is 2.22. The van der Waals surface area contributed by atoms with Crippen LogP contribution in [0.1, 0.15) is 24.0 Å². The van der Waals surface area contributed by atoms with Gasteiger partial charge < -0.3 is 5.32 Å². The summed E-state index contributed by atoms with van der Waals surface area (Å²) in [7, 11) is 2.04. The summed E-state index contributed by atoms with van der Waals surface area (Å²) < 4.78 is 1.13. The molecule has 2 heteroatoms. The molecule has 2 atom stereocenters. The Morgan fingerprint density at radius 2 is 1.63 bits per heavy atom. The van der Waals surface area contributed by atoms with Gasteiger partial charge in [0.15, 0.2) is 0 Å². The van der Waals surface area contributed by atoms with Crippen LogP contribution in [-0.2, 0) is 6.42 Å². The van der Waals surface area contributed by atoms with Crippen LogP contribution in [0.5, 0.6) is 0 Å². The van der Waals surface area contributed by atoms with E-state index < -0.39 is 0 Å². The van der Waals surface area contributed by atoms with E-state index in [1.165, 1.54) is 11.1 Å². The smallest absolute Gasteiger partial charge is 0.0175 e. The number of benzene rings is 2. The van der Waals surface area contributed by atoms with Crippen molar-refractivity contribution in [1.29, 1.82) is 0 Å². The molecular weight excluding hydrogens is 298 g/mol. The van der Waals surface area contributed by atoms with Crippen molar-refractivity contribution in [3.8, 4) is 0 Å². The molecule has 0 aliphatic rings. The molecule has 0 bridgehead atoms. The Hall–Kier alpha value is -1.12. The maximum absolute atomic E-state index is 3.48. The number of nitrogens with one attached hydrogen (secondary N) is 1. The molecule has 0 aliphatic heterocycles. The number of rotatable bonds is 5. The second-order valence-corrected chi connectivity index (χ2v) is 5.84. The molecule has 2 rings (SSSR count). The molecule has 2 aromatic rings. The van der Waals surface area contributed by atoms with Gasteiger partial charge in [0, 0.05) is 10.5 Å². The van der Waals surface area contributed by atoms with Crippen LogP contribution in [0.15, 0.2) is 59.1 Å². The lowest BCUT2D eigenvalue weighted by atomic mass is 9.89. The van der Waals surface area contributed by atoms with Gasteiger partial charge in [0.2, 0.25) is 0 Å². The Morgan fingerprint density at radius 3 is 2.21 bits per heavy atom. The van der Waals surface area contributed by atoms with Gasteiger partial charge in [-0.15, -0.1) is 0 Å². The van der Waals surface area contributed by atoms with Crippen molar-refractivity contribution in [2.45, 2.75) is 25.3 Å². The Bertz CT molecular complexity index is 492. The molecule has 0 heterocycles. The number of likely N-dealkylation sites (N-methyl/N-ethyl adjacent to an activating group) is 1. The van der Waals surface area contributed by atoms with Crippen molar-refractivity contribution >= 4 is 15.9 Å². The van der Waals surface area contributed by atoms with Crippen molar-refractivity contribution in [1.82, 2.24) is 5.32 Å². The lowest BCUT2D eigenvalue weighted by molar-refractivity contribution is 0.483. The van der Waals surface area contributed by atoms with E-state index in [-0.39, 0.29) is 0 Å². The number of hydrogen-bond acceptors (Lipinski definition) is 1. The molecule has 0 saturated carbocycles. The largest absolute Gasteiger partial charge is 0.316 e. The van der Waals surface area contributed by atoms with E-state index in [4.69, 9.17) is 0 Å². The Kier molecular flexibility index (Phi) is 5.17. The first-order valence-electron chi connectivity index (χ1n) is 6.67. The topological polar surface area (TPSA) is 12.0 Å². The van der Waals surface area contributed by atoms with E-state index in [9.17, 15) is 0 Å². The summed E-state index contributed by atoms with van der Waals surface area (Å²) >= 11 is 3.48. The zero-order chi connectivity index (χ0) is 13.7. The maximum Gasteiger partial charge on any atom is 0.0175 e. The SMILES string of the molecule is CNC(Cc1ccc(Br)cc1)C(C)c1ccccc1. The molecule has 2 aromatic carbocycles. The van der Waals surface area contributed by atoms with Gasteiger partial charge in [-0.3, -0.25) is 0 Å². The molecule has 0 aliphatic carbocycles. The average molecular weight is 318 g/mol. The van der Waals surface area contributed by atoms with Crippen LogP contribution in [0.4, 0.5) is 0 Å². The summed E-state index contributed by atoms with van der Waals surface area (Å²) in [5.74, 6) is 0.495. The minimum Gasteiger partial charge on any atom is -0.316 e. The fraction of sp³-hybridized carbons (Fsp3) is 0.294. The molecule has 100 valence electrons. The minimum atomic E-state index is 0.448. The van der Waals surface area contributed by atoms with Gasteiger partial charge in [-0.05, 0) is 42.6 Å². The number of hydrogen-bond donors (Lipinski definition) is 1. The molecule has 0 saturated heterocycles. The third-order valence-electron chi connectivity index (χ3n) is 3.67. The van der Waals surface area contributed by atoms with E-state index in [2.05, 4.69) is 82.8 Å². The van der Waals surface area contributed by atoms with Crippen molar-refractivity contribution in [2.24, 2.45) is 0 Å². The van der Waals surface area contributed by atoms with Crippen LogP contribution in [0.2, 0.25) is 0 Å². The van der Waals surface area contributed by atoms with Crippen LogP contribution in [-0.4, -0.2) is 13.1 Å². The van der Waals surface area contributed by atoms with E-state index in [1.807, 2.05) is 7.05 Å². The minimum absolute atomic E-state index is 0.448. The standard InChI is InChI=1S/C17H20BrN/c1-13(15-6-4-3-5-7-15)17(19-2)12-14-8-10-16(18)11-9-14/h3-11,13,17,19H,12H2,1-2H3. The molecule has 0 spiro atoms. The van der Waals surface area contributed by atoms with E-state index in [1.54, 1.807) is 0 Å². The quantitative estimate of drug-likeness (QED) is 0.862. The van der Waals surface area contributed by atoms with Crippen LogP contribution < -0.4 is 5.32 Å². The third kappa shape index (κ3) is 3.92. The molecule has 0 amide bonds. The normalized spacial score (nSPS) is 14.1. The summed E-state index contributed by atoms with van der Waals surface area (Å²) in [4.78, 5) is 0. The van der Waals surface area contributed by atoms with Crippen LogP contribution in [0.3, 0.4) is 0 Å². The second-order valence-electron chi connectivity index (χ2n) is 4.93. The molecule has 1 N–H and O–H groups in total. The zero-order valence-corrected chi connectivity index (χ0v) is 13.0. The zero-order valence-electron chi connectivity index (χ0n) is 11.4. The first-order valence-corrected chi connectivity index (χ1v) is 7.46. The maximum atomic E-state index is 3.48. The van der Waals surface area contributed by atoms with E-state index >= 15 is 0 Å². The fourth-order valence-electron chi connectivity index (χ4n) is 2.39. The summed E-state index contributed by atoms with van der Waals surface area (Å²) in [6.07, 6.45) is 1.04. The van der Waals surface area contributed by atoms with Gasteiger partial charge in [-0.2, -0.15) is 0 Å². The molecule has 2 unspecified atom stereocenters. The molecular formula is C17H20BrN. The Morgan fingerprint density at radius 1 is 1.00 bits per heavy atom. The monoisotopic (exact) mass is 317 g/mol. The van der Waals surface area contributed by atoms with Crippen molar-refractivity contribution in [3.05, 3.63) is 70.2 Å². The molecule has 1 nitrogen and oxygen atoms in total. The highest BCUT2D eigenvalue weighted by molar-refractivity contribution is 9.10. The van der Waals surface area contributed by atoms with Gasteiger partial charge >= 0.3 is 0 Å². The number of halogens is 1. The van der Waals surface area contributed by atoms with Gasteiger partial charge in [0.25, 0.3) is 0 Å². The van der Waals surface area contributed by atoms with Crippen LogP contribution in [0, 0.1) is 0 Å². The summed E-state index contributed by atoms with van der Waals surface area (Å²) in [5, 5.41) is 3.45. The predicted molar refractivity (Wildman–Crippen MR) is 85.6 cm³/mol. The van der Waals surface area contributed by atoms with Crippen LogP contribution >= 0.6 is 15.9 Å².